The van der Waals surface area contributed by atoms with Crippen molar-refractivity contribution in [3.05, 3.63) is 22.9 Å². The topological polar surface area (TPSA) is 65.5 Å². The van der Waals surface area contributed by atoms with Crippen LogP contribution in [0.2, 0.25) is 0 Å². The number of aryl methyl sites for hydroxylation is 2. The lowest BCUT2D eigenvalue weighted by Crippen LogP contribution is -2.34. The second kappa shape index (κ2) is 6.43. The first-order valence-electron chi connectivity index (χ1n) is 7.96. The lowest BCUT2D eigenvalue weighted by atomic mass is 10.1. The number of carboxylic acid groups (broad SMARTS) is 1. The van der Waals surface area contributed by atoms with Crippen molar-refractivity contribution in [3.8, 4) is 0 Å². The van der Waals surface area contributed by atoms with E-state index in [2.05, 4.69) is 15.2 Å². The number of likely N-dealkylation sites (tertiary alicyclic amines) is 1. The molecule has 0 unspecified atom stereocenters. The molecule has 114 valence electrons. The van der Waals surface area contributed by atoms with Gasteiger partial charge in [0.1, 0.15) is 11.4 Å². The number of aromatic nitrogens is 1. The van der Waals surface area contributed by atoms with E-state index in [1.165, 1.54) is 19.3 Å². The molecule has 0 spiro atoms. The van der Waals surface area contributed by atoms with Crippen LogP contribution in [0.1, 0.15) is 47.3 Å². The van der Waals surface area contributed by atoms with Crippen LogP contribution in [0.5, 0.6) is 0 Å². The molecule has 2 heterocycles. The van der Waals surface area contributed by atoms with E-state index in [4.69, 9.17) is 0 Å². The predicted octanol–water partition coefficient (Wildman–Crippen LogP) is 2.17. The van der Waals surface area contributed by atoms with Gasteiger partial charge >= 0.3 is 5.97 Å². The number of carbonyl (C=O) groups is 1. The number of fused-ring (bicyclic) bond motifs is 1. The first kappa shape index (κ1) is 14.3. The molecule has 1 aliphatic carbocycles. The van der Waals surface area contributed by atoms with Crippen LogP contribution >= 0.6 is 0 Å². The van der Waals surface area contributed by atoms with E-state index < -0.39 is 5.97 Å². The average molecular weight is 289 g/mol. The lowest BCUT2D eigenvalue weighted by molar-refractivity contribution is 0.0697. The zero-order valence-corrected chi connectivity index (χ0v) is 12.4. The Kier molecular flexibility index (Phi) is 4.39. The molecule has 0 bridgehead atoms. The van der Waals surface area contributed by atoms with Crippen LogP contribution in [0.4, 0.5) is 5.82 Å². The number of nitrogens with one attached hydrogen (secondary N) is 1. The summed E-state index contributed by atoms with van der Waals surface area (Å²) in [5.74, 6) is -0.349. The maximum Gasteiger partial charge on any atom is 0.339 e. The van der Waals surface area contributed by atoms with Crippen LogP contribution in [0.3, 0.4) is 0 Å². The van der Waals surface area contributed by atoms with Crippen LogP contribution in [0.15, 0.2) is 6.07 Å². The van der Waals surface area contributed by atoms with Crippen molar-refractivity contribution >= 4 is 11.8 Å². The molecule has 1 saturated heterocycles. The summed E-state index contributed by atoms with van der Waals surface area (Å²) in [6, 6.07) is 1.81. The van der Waals surface area contributed by atoms with Gasteiger partial charge in [-0.15, -0.1) is 0 Å². The number of rotatable bonds is 5. The molecule has 1 aliphatic heterocycles. The van der Waals surface area contributed by atoms with Gasteiger partial charge in [-0.2, -0.15) is 0 Å². The fourth-order valence-corrected chi connectivity index (χ4v) is 3.29. The quantitative estimate of drug-likeness (QED) is 0.869. The summed E-state index contributed by atoms with van der Waals surface area (Å²) in [5.41, 5.74) is 2.49. The van der Waals surface area contributed by atoms with E-state index >= 15 is 0 Å². The van der Waals surface area contributed by atoms with Crippen LogP contribution in [-0.2, 0) is 12.8 Å². The third-order valence-corrected chi connectivity index (χ3v) is 4.45. The van der Waals surface area contributed by atoms with Crippen molar-refractivity contribution in [1.82, 2.24) is 9.88 Å². The Morgan fingerprint density at radius 3 is 2.81 bits per heavy atom. The SMILES string of the molecule is O=C(O)c1cc2c(nc1NCCN1CCCCC1)CCC2. The maximum atomic E-state index is 11.4. The predicted molar refractivity (Wildman–Crippen MR) is 82.0 cm³/mol. The first-order valence-corrected chi connectivity index (χ1v) is 7.96. The molecule has 0 aromatic carbocycles. The third-order valence-electron chi connectivity index (χ3n) is 4.45. The molecule has 3 rings (SSSR count). The fraction of sp³-hybridized carbons (Fsp3) is 0.625. The summed E-state index contributed by atoms with van der Waals surface area (Å²) >= 11 is 0. The molecule has 5 heteroatoms. The molecule has 1 aromatic heterocycles. The Morgan fingerprint density at radius 1 is 1.24 bits per heavy atom. The molecule has 2 N–H and O–H groups in total. The van der Waals surface area contributed by atoms with Gasteiger partial charge in [0, 0.05) is 18.8 Å². The lowest BCUT2D eigenvalue weighted by Gasteiger charge is -2.26. The Labute approximate surface area is 125 Å². The average Bonchev–Trinajstić information content (AvgIpc) is 2.94. The maximum absolute atomic E-state index is 11.4. The normalized spacial score (nSPS) is 18.5. The monoisotopic (exact) mass is 289 g/mol. The van der Waals surface area contributed by atoms with Crippen molar-refractivity contribution in [2.24, 2.45) is 0 Å². The van der Waals surface area contributed by atoms with Crippen molar-refractivity contribution in [2.45, 2.75) is 38.5 Å². The van der Waals surface area contributed by atoms with Crippen molar-refractivity contribution in [2.75, 3.05) is 31.5 Å². The van der Waals surface area contributed by atoms with Gasteiger partial charge in [0.15, 0.2) is 0 Å². The molecular weight excluding hydrogens is 266 g/mol. The molecule has 0 radical (unpaired) electrons. The van der Waals surface area contributed by atoms with E-state index in [1.54, 1.807) is 6.07 Å². The Balaban J connectivity index is 1.65. The van der Waals surface area contributed by atoms with Crippen LogP contribution in [-0.4, -0.2) is 47.1 Å². The van der Waals surface area contributed by atoms with E-state index in [1.807, 2.05) is 0 Å². The number of aromatic carboxylic acids is 1. The number of anilines is 1. The molecule has 1 fully saturated rings. The van der Waals surface area contributed by atoms with E-state index in [9.17, 15) is 9.90 Å². The second-order valence-electron chi connectivity index (χ2n) is 5.98. The van der Waals surface area contributed by atoms with Crippen molar-refractivity contribution in [1.29, 1.82) is 0 Å². The summed E-state index contributed by atoms with van der Waals surface area (Å²) in [4.78, 5) is 18.4. The molecule has 0 atom stereocenters. The molecular formula is C16H23N3O2. The summed E-state index contributed by atoms with van der Waals surface area (Å²) < 4.78 is 0. The van der Waals surface area contributed by atoms with Gasteiger partial charge in [-0.1, -0.05) is 6.42 Å². The highest BCUT2D eigenvalue weighted by atomic mass is 16.4. The number of hydrogen-bond donors (Lipinski definition) is 2. The van der Waals surface area contributed by atoms with Gasteiger partial charge in [0.25, 0.3) is 0 Å². The number of hydrogen-bond acceptors (Lipinski definition) is 4. The highest BCUT2D eigenvalue weighted by Crippen LogP contribution is 2.25. The minimum Gasteiger partial charge on any atom is -0.478 e. The van der Waals surface area contributed by atoms with E-state index in [-0.39, 0.29) is 0 Å². The highest BCUT2D eigenvalue weighted by molar-refractivity contribution is 5.93. The summed E-state index contributed by atoms with van der Waals surface area (Å²) in [6.45, 7) is 4.03. The molecule has 0 amide bonds. The number of piperidine rings is 1. The second-order valence-corrected chi connectivity index (χ2v) is 5.98. The Hall–Kier alpha value is -1.62. The van der Waals surface area contributed by atoms with E-state index in [0.717, 1.165) is 56.7 Å². The minimum atomic E-state index is -0.891. The molecule has 2 aliphatic rings. The van der Waals surface area contributed by atoms with Gasteiger partial charge in [0.05, 0.1) is 0 Å². The third kappa shape index (κ3) is 3.35. The van der Waals surface area contributed by atoms with Crippen LogP contribution < -0.4 is 5.32 Å². The van der Waals surface area contributed by atoms with Gasteiger partial charge in [-0.3, -0.25) is 0 Å². The largest absolute Gasteiger partial charge is 0.478 e. The summed E-state index contributed by atoms with van der Waals surface area (Å²) in [7, 11) is 0. The molecule has 0 saturated carbocycles. The van der Waals surface area contributed by atoms with Gasteiger partial charge in [0.2, 0.25) is 0 Å². The van der Waals surface area contributed by atoms with Crippen LogP contribution in [0.25, 0.3) is 0 Å². The van der Waals surface area contributed by atoms with Crippen molar-refractivity contribution in [3.63, 3.8) is 0 Å². The molecule has 5 nitrogen and oxygen atoms in total. The number of nitrogens with zero attached hydrogens (tertiary/aromatic N) is 2. The van der Waals surface area contributed by atoms with Gasteiger partial charge in [-0.25, -0.2) is 9.78 Å². The standard InChI is InChI=1S/C16H23N3O2/c20-16(21)13-11-12-5-4-6-14(12)18-15(13)17-7-10-19-8-2-1-3-9-19/h11H,1-10H2,(H,17,18)(H,20,21). The summed E-state index contributed by atoms with van der Waals surface area (Å²) in [6.07, 6.45) is 6.89. The Morgan fingerprint density at radius 2 is 2.05 bits per heavy atom. The summed E-state index contributed by atoms with van der Waals surface area (Å²) in [5, 5.41) is 12.6. The van der Waals surface area contributed by atoms with E-state index in [0.29, 0.717) is 11.4 Å². The smallest absolute Gasteiger partial charge is 0.339 e. The van der Waals surface area contributed by atoms with Gasteiger partial charge in [-0.05, 0) is 56.8 Å². The zero-order valence-electron chi connectivity index (χ0n) is 12.4. The first-order chi connectivity index (χ1) is 10.2. The van der Waals surface area contributed by atoms with Crippen LogP contribution in [0, 0.1) is 0 Å². The number of pyridine rings is 1. The fourth-order valence-electron chi connectivity index (χ4n) is 3.29. The highest BCUT2D eigenvalue weighted by Gasteiger charge is 2.20. The molecule has 1 aromatic rings. The minimum absolute atomic E-state index is 0.314. The Bertz CT molecular complexity index is 524. The van der Waals surface area contributed by atoms with Crippen molar-refractivity contribution < 1.29 is 9.90 Å². The van der Waals surface area contributed by atoms with Gasteiger partial charge < -0.3 is 15.3 Å². The zero-order chi connectivity index (χ0) is 14.7. The molecule has 21 heavy (non-hydrogen) atoms. The number of carboxylic acids is 1.